The van der Waals surface area contributed by atoms with Gasteiger partial charge in [0, 0.05) is 5.56 Å². The van der Waals surface area contributed by atoms with Crippen LogP contribution >= 0.6 is 0 Å². The molecule has 0 aromatic heterocycles. The standard InChI is InChI=1S/C17H22N2O5/c1-9-6-11(14(18)20)7-10(2)12(9)8-13(15(21)22)19-16(23)24-17(3,4)5/h6-8H,1-5H3,(H2,18,20)(H,19,23)(H,21,22). The van der Waals surface area contributed by atoms with Crippen molar-refractivity contribution in [3.05, 3.63) is 40.1 Å². The van der Waals surface area contributed by atoms with E-state index < -0.39 is 23.6 Å². The van der Waals surface area contributed by atoms with Gasteiger partial charge >= 0.3 is 12.1 Å². The lowest BCUT2D eigenvalue weighted by atomic mass is 9.98. The molecule has 7 nitrogen and oxygen atoms in total. The number of rotatable bonds is 4. The zero-order chi connectivity index (χ0) is 18.7. The lowest BCUT2D eigenvalue weighted by Gasteiger charge is -2.20. The van der Waals surface area contributed by atoms with Crippen LogP contribution in [0.1, 0.15) is 47.8 Å². The SMILES string of the molecule is Cc1cc(C(N)=O)cc(C)c1C=C(NC(=O)OC(C)(C)C)C(=O)O. The number of alkyl carbamates (subject to hydrolysis) is 1. The number of nitrogens with two attached hydrogens (primary N) is 1. The summed E-state index contributed by atoms with van der Waals surface area (Å²) in [5.41, 5.74) is 6.41. The van der Waals surface area contributed by atoms with Crippen LogP contribution in [-0.4, -0.2) is 28.7 Å². The molecule has 1 aromatic carbocycles. The number of nitrogens with one attached hydrogen (secondary N) is 1. The summed E-state index contributed by atoms with van der Waals surface area (Å²) in [5, 5.41) is 11.5. The molecular formula is C17H22N2O5. The van der Waals surface area contributed by atoms with Crippen LogP contribution in [0.2, 0.25) is 0 Å². The van der Waals surface area contributed by atoms with E-state index in [2.05, 4.69) is 5.32 Å². The molecule has 0 atom stereocenters. The third kappa shape index (κ3) is 5.42. The summed E-state index contributed by atoms with van der Waals surface area (Å²) in [5.74, 6) is -1.87. The lowest BCUT2D eigenvalue weighted by molar-refractivity contribution is -0.133. The fraction of sp³-hybridized carbons (Fsp3) is 0.353. The molecule has 7 heteroatoms. The molecule has 0 radical (unpaired) electrons. The van der Waals surface area contributed by atoms with E-state index in [9.17, 15) is 19.5 Å². The minimum absolute atomic E-state index is 0.331. The van der Waals surface area contributed by atoms with E-state index in [1.807, 2.05) is 0 Å². The third-order valence-corrected chi connectivity index (χ3v) is 3.03. The molecule has 0 unspecified atom stereocenters. The van der Waals surface area contributed by atoms with Crippen LogP contribution in [0.25, 0.3) is 6.08 Å². The number of aryl methyl sites for hydroxylation is 2. The highest BCUT2D eigenvalue weighted by Crippen LogP contribution is 2.19. The first-order valence-electron chi connectivity index (χ1n) is 7.26. The molecule has 1 aromatic rings. The Kier molecular flexibility index (Phi) is 5.73. The van der Waals surface area contributed by atoms with Crippen molar-refractivity contribution in [3.8, 4) is 0 Å². The number of hydrogen-bond acceptors (Lipinski definition) is 4. The van der Waals surface area contributed by atoms with Crippen LogP contribution in [0.3, 0.4) is 0 Å². The molecule has 2 amide bonds. The first-order valence-corrected chi connectivity index (χ1v) is 7.26. The Labute approximate surface area is 140 Å². The van der Waals surface area contributed by atoms with Gasteiger partial charge in [-0.3, -0.25) is 10.1 Å². The summed E-state index contributed by atoms with van der Waals surface area (Å²) < 4.78 is 5.05. The van der Waals surface area contributed by atoms with Crippen molar-refractivity contribution >= 4 is 24.0 Å². The maximum absolute atomic E-state index is 11.8. The van der Waals surface area contributed by atoms with Crippen molar-refractivity contribution in [1.29, 1.82) is 0 Å². The van der Waals surface area contributed by atoms with Crippen LogP contribution in [0.4, 0.5) is 4.79 Å². The van der Waals surface area contributed by atoms with Gasteiger partial charge in [-0.25, -0.2) is 9.59 Å². The molecular weight excluding hydrogens is 312 g/mol. The Morgan fingerprint density at radius 1 is 1.17 bits per heavy atom. The molecule has 0 saturated heterocycles. The molecule has 0 heterocycles. The van der Waals surface area contributed by atoms with Crippen molar-refractivity contribution in [2.75, 3.05) is 0 Å². The number of carboxylic acids is 1. The predicted octanol–water partition coefficient (Wildman–Crippen LogP) is 2.35. The number of carbonyl (C=O) groups excluding carboxylic acids is 2. The van der Waals surface area contributed by atoms with E-state index in [1.54, 1.807) is 46.8 Å². The summed E-state index contributed by atoms with van der Waals surface area (Å²) in [4.78, 5) is 34.4. The molecule has 4 N–H and O–H groups in total. The monoisotopic (exact) mass is 334 g/mol. The third-order valence-electron chi connectivity index (χ3n) is 3.03. The maximum Gasteiger partial charge on any atom is 0.412 e. The van der Waals surface area contributed by atoms with Crippen molar-refractivity contribution < 1.29 is 24.2 Å². The fourth-order valence-electron chi connectivity index (χ4n) is 2.05. The number of amides is 2. The number of ether oxygens (including phenoxy) is 1. The van der Waals surface area contributed by atoms with Crippen LogP contribution in [-0.2, 0) is 9.53 Å². The molecule has 24 heavy (non-hydrogen) atoms. The molecule has 0 aliphatic carbocycles. The second-order valence-electron chi connectivity index (χ2n) is 6.38. The maximum atomic E-state index is 11.8. The summed E-state index contributed by atoms with van der Waals surface area (Å²) in [6.07, 6.45) is 0.460. The van der Waals surface area contributed by atoms with Gasteiger partial charge in [0.15, 0.2) is 0 Å². The van der Waals surface area contributed by atoms with E-state index >= 15 is 0 Å². The topological polar surface area (TPSA) is 119 Å². The van der Waals surface area contributed by atoms with Gasteiger partial charge in [0.2, 0.25) is 5.91 Å². The van der Waals surface area contributed by atoms with E-state index in [0.29, 0.717) is 22.3 Å². The van der Waals surface area contributed by atoms with Crippen molar-refractivity contribution in [3.63, 3.8) is 0 Å². The quantitative estimate of drug-likeness (QED) is 0.730. The highest BCUT2D eigenvalue weighted by Gasteiger charge is 2.20. The Morgan fingerprint density at radius 2 is 1.67 bits per heavy atom. The number of carbonyl (C=O) groups is 3. The second kappa shape index (κ2) is 7.16. The van der Waals surface area contributed by atoms with E-state index in [1.165, 1.54) is 6.08 Å². The molecule has 0 aliphatic heterocycles. The van der Waals surface area contributed by atoms with Crippen molar-refractivity contribution in [2.24, 2.45) is 5.73 Å². The Balaban J connectivity index is 3.20. The number of carboxylic acid groups (broad SMARTS) is 1. The predicted molar refractivity (Wildman–Crippen MR) is 89.4 cm³/mol. The van der Waals surface area contributed by atoms with Crippen LogP contribution in [0.5, 0.6) is 0 Å². The van der Waals surface area contributed by atoms with Crippen molar-refractivity contribution in [1.82, 2.24) is 5.32 Å². The summed E-state index contributed by atoms with van der Waals surface area (Å²) in [6.45, 7) is 8.46. The van der Waals surface area contributed by atoms with E-state index in [0.717, 1.165) is 0 Å². The van der Waals surface area contributed by atoms with Gasteiger partial charge in [-0.15, -0.1) is 0 Å². The highest BCUT2D eigenvalue weighted by atomic mass is 16.6. The number of hydrogen-bond donors (Lipinski definition) is 3. The molecule has 130 valence electrons. The summed E-state index contributed by atoms with van der Waals surface area (Å²) in [6, 6.07) is 3.13. The van der Waals surface area contributed by atoms with Gasteiger partial charge in [-0.1, -0.05) is 0 Å². The molecule has 0 bridgehead atoms. The number of benzene rings is 1. The van der Waals surface area contributed by atoms with Crippen LogP contribution in [0.15, 0.2) is 17.8 Å². The van der Waals surface area contributed by atoms with Crippen LogP contribution in [0, 0.1) is 13.8 Å². The number of primary amides is 1. The van der Waals surface area contributed by atoms with Gasteiger partial charge in [-0.2, -0.15) is 0 Å². The van der Waals surface area contributed by atoms with Crippen molar-refractivity contribution in [2.45, 2.75) is 40.2 Å². The Bertz CT molecular complexity index is 691. The van der Waals surface area contributed by atoms with Gasteiger partial charge in [-0.05, 0) is 69.5 Å². The summed E-state index contributed by atoms with van der Waals surface area (Å²) >= 11 is 0. The Hall–Kier alpha value is -2.83. The molecule has 0 fully saturated rings. The second-order valence-corrected chi connectivity index (χ2v) is 6.38. The van der Waals surface area contributed by atoms with Gasteiger partial charge in [0.05, 0.1) is 0 Å². The van der Waals surface area contributed by atoms with Gasteiger partial charge in [0.1, 0.15) is 11.3 Å². The minimum atomic E-state index is -1.31. The molecule has 1 rings (SSSR count). The van der Waals surface area contributed by atoms with Gasteiger partial charge < -0.3 is 15.6 Å². The fourth-order valence-corrected chi connectivity index (χ4v) is 2.05. The average molecular weight is 334 g/mol. The largest absolute Gasteiger partial charge is 0.477 e. The lowest BCUT2D eigenvalue weighted by Crippen LogP contribution is -2.34. The van der Waals surface area contributed by atoms with Gasteiger partial charge in [0.25, 0.3) is 0 Å². The normalized spacial score (nSPS) is 11.8. The molecule has 0 saturated carbocycles. The Morgan fingerprint density at radius 3 is 2.04 bits per heavy atom. The summed E-state index contributed by atoms with van der Waals surface area (Å²) in [7, 11) is 0. The highest BCUT2D eigenvalue weighted by molar-refractivity contribution is 5.97. The zero-order valence-corrected chi connectivity index (χ0v) is 14.4. The molecule has 0 aliphatic rings. The van der Waals surface area contributed by atoms with E-state index in [4.69, 9.17) is 10.5 Å². The zero-order valence-electron chi connectivity index (χ0n) is 14.4. The first kappa shape index (κ1) is 19.2. The average Bonchev–Trinajstić information content (AvgIpc) is 2.38. The minimum Gasteiger partial charge on any atom is -0.477 e. The molecule has 0 spiro atoms. The van der Waals surface area contributed by atoms with E-state index in [-0.39, 0.29) is 5.70 Å². The van der Waals surface area contributed by atoms with Crippen LogP contribution < -0.4 is 11.1 Å². The smallest absolute Gasteiger partial charge is 0.412 e. The number of aliphatic carboxylic acids is 1. The first-order chi connectivity index (χ1) is 10.9.